The summed E-state index contributed by atoms with van der Waals surface area (Å²) >= 11 is 0. The van der Waals surface area contributed by atoms with Crippen LogP contribution in [0.25, 0.3) is 0 Å². The molecule has 0 radical (unpaired) electrons. The second-order valence-electron chi connectivity index (χ2n) is 3.92. The molecule has 0 unspecified atom stereocenters. The molecule has 82 valence electrons. The molecule has 1 aliphatic carbocycles. The minimum Gasteiger partial charge on any atom is -0.353 e. The van der Waals surface area contributed by atoms with Crippen molar-refractivity contribution in [2.45, 2.75) is 32.4 Å². The number of nitrogens with one attached hydrogen (secondary N) is 1. The first-order valence-electron chi connectivity index (χ1n) is 5.57. The fourth-order valence-corrected chi connectivity index (χ4v) is 1.79. The zero-order valence-corrected chi connectivity index (χ0v) is 9.40. The highest BCUT2D eigenvalue weighted by atomic mass is 15.2. The minimum absolute atomic E-state index is 0.703. The van der Waals surface area contributed by atoms with Crippen LogP contribution in [0.3, 0.4) is 0 Å². The highest BCUT2D eigenvalue weighted by Crippen LogP contribution is 2.29. The summed E-state index contributed by atoms with van der Waals surface area (Å²) in [5.74, 6) is 1.02. The van der Waals surface area contributed by atoms with Crippen LogP contribution in [0.2, 0.25) is 0 Å². The molecular weight excluding hydrogens is 188 g/mol. The smallest absolute Gasteiger partial charge is 0.147 e. The van der Waals surface area contributed by atoms with E-state index >= 15 is 0 Å². The molecule has 0 atom stereocenters. The van der Waals surface area contributed by atoms with Crippen molar-refractivity contribution in [3.8, 4) is 0 Å². The third-order valence-corrected chi connectivity index (χ3v) is 2.65. The summed E-state index contributed by atoms with van der Waals surface area (Å²) in [7, 11) is 1.92. The van der Waals surface area contributed by atoms with Crippen molar-refractivity contribution in [3.05, 3.63) is 18.1 Å². The van der Waals surface area contributed by atoms with E-state index in [9.17, 15) is 0 Å². The van der Waals surface area contributed by atoms with Crippen molar-refractivity contribution < 1.29 is 0 Å². The lowest BCUT2D eigenvalue weighted by atomic mass is 10.4. The molecule has 1 aliphatic rings. The summed E-state index contributed by atoms with van der Waals surface area (Å²) in [5.41, 5.74) is 1.01. The molecule has 2 rings (SSSR count). The Bertz CT molecular complexity index is 322. The van der Waals surface area contributed by atoms with Crippen molar-refractivity contribution in [2.75, 3.05) is 18.5 Å². The monoisotopic (exact) mass is 206 g/mol. The van der Waals surface area contributed by atoms with E-state index in [0.717, 1.165) is 24.6 Å². The van der Waals surface area contributed by atoms with Gasteiger partial charge in [0, 0.05) is 25.3 Å². The van der Waals surface area contributed by atoms with Gasteiger partial charge in [-0.3, -0.25) is 4.98 Å². The third-order valence-electron chi connectivity index (χ3n) is 2.65. The molecule has 1 N–H and O–H groups in total. The molecule has 0 aliphatic heterocycles. The standard InChI is InChI=1S/C11H18N4/c1-3-15(10-4-5-10)11-8-13-7-9(14-11)6-12-2/h7-8,10,12H,3-6H2,1-2H3. The van der Waals surface area contributed by atoms with Gasteiger partial charge in [0.15, 0.2) is 0 Å². The molecule has 15 heavy (non-hydrogen) atoms. The average Bonchev–Trinajstić information content (AvgIpc) is 3.04. The van der Waals surface area contributed by atoms with Gasteiger partial charge < -0.3 is 10.2 Å². The lowest BCUT2D eigenvalue weighted by molar-refractivity contribution is 0.758. The van der Waals surface area contributed by atoms with Crippen LogP contribution in [0.4, 0.5) is 5.82 Å². The van der Waals surface area contributed by atoms with E-state index in [2.05, 4.69) is 27.1 Å². The Balaban J connectivity index is 2.14. The quantitative estimate of drug-likeness (QED) is 0.785. The average molecular weight is 206 g/mol. The molecule has 1 heterocycles. The maximum atomic E-state index is 4.60. The van der Waals surface area contributed by atoms with Crippen LogP contribution in [0.5, 0.6) is 0 Å². The minimum atomic E-state index is 0.703. The van der Waals surface area contributed by atoms with E-state index in [1.807, 2.05) is 19.4 Å². The van der Waals surface area contributed by atoms with Gasteiger partial charge in [0.05, 0.1) is 11.9 Å². The maximum absolute atomic E-state index is 4.60. The van der Waals surface area contributed by atoms with Crippen LogP contribution in [-0.2, 0) is 6.54 Å². The Hall–Kier alpha value is -1.16. The number of anilines is 1. The maximum Gasteiger partial charge on any atom is 0.147 e. The topological polar surface area (TPSA) is 41.1 Å². The second kappa shape index (κ2) is 4.57. The van der Waals surface area contributed by atoms with Gasteiger partial charge >= 0.3 is 0 Å². The fourth-order valence-electron chi connectivity index (χ4n) is 1.79. The number of aromatic nitrogens is 2. The largest absolute Gasteiger partial charge is 0.353 e. The van der Waals surface area contributed by atoms with Crippen LogP contribution in [0.1, 0.15) is 25.5 Å². The Morgan fingerprint density at radius 2 is 2.27 bits per heavy atom. The second-order valence-corrected chi connectivity index (χ2v) is 3.92. The summed E-state index contributed by atoms with van der Waals surface area (Å²) < 4.78 is 0. The van der Waals surface area contributed by atoms with Crippen LogP contribution in [0.15, 0.2) is 12.4 Å². The van der Waals surface area contributed by atoms with Gasteiger partial charge in [-0.15, -0.1) is 0 Å². The molecule has 0 spiro atoms. The fraction of sp³-hybridized carbons (Fsp3) is 0.636. The molecule has 0 amide bonds. The van der Waals surface area contributed by atoms with Crippen molar-refractivity contribution in [1.29, 1.82) is 0 Å². The Kier molecular flexibility index (Phi) is 3.16. The zero-order chi connectivity index (χ0) is 10.7. The van der Waals surface area contributed by atoms with Gasteiger partial charge in [0.1, 0.15) is 5.82 Å². The highest BCUT2D eigenvalue weighted by Gasteiger charge is 2.28. The first kappa shape index (κ1) is 10.4. The molecule has 4 nitrogen and oxygen atoms in total. The van der Waals surface area contributed by atoms with Gasteiger partial charge in [-0.1, -0.05) is 0 Å². The molecule has 0 aromatic carbocycles. The summed E-state index contributed by atoms with van der Waals surface area (Å²) in [6.07, 6.45) is 6.28. The van der Waals surface area contributed by atoms with Crippen LogP contribution in [-0.4, -0.2) is 29.6 Å². The molecule has 1 aromatic rings. The summed E-state index contributed by atoms with van der Waals surface area (Å²) in [6.45, 7) is 3.97. The third kappa shape index (κ3) is 2.45. The van der Waals surface area contributed by atoms with E-state index in [1.165, 1.54) is 12.8 Å². The zero-order valence-electron chi connectivity index (χ0n) is 9.40. The summed E-state index contributed by atoms with van der Waals surface area (Å²) in [4.78, 5) is 11.2. The lowest BCUT2D eigenvalue weighted by Crippen LogP contribution is -2.26. The van der Waals surface area contributed by atoms with Gasteiger partial charge in [0.25, 0.3) is 0 Å². The predicted octanol–water partition coefficient (Wildman–Crippen LogP) is 1.18. The van der Waals surface area contributed by atoms with Gasteiger partial charge in [-0.05, 0) is 26.8 Å². The van der Waals surface area contributed by atoms with E-state index in [4.69, 9.17) is 0 Å². The Morgan fingerprint density at radius 1 is 1.47 bits per heavy atom. The first-order chi connectivity index (χ1) is 7.35. The van der Waals surface area contributed by atoms with Crippen molar-refractivity contribution >= 4 is 5.82 Å². The Morgan fingerprint density at radius 3 is 2.87 bits per heavy atom. The van der Waals surface area contributed by atoms with Crippen molar-refractivity contribution in [3.63, 3.8) is 0 Å². The van der Waals surface area contributed by atoms with Crippen molar-refractivity contribution in [2.24, 2.45) is 0 Å². The lowest BCUT2D eigenvalue weighted by Gasteiger charge is -2.21. The molecule has 0 saturated heterocycles. The number of hydrogen-bond donors (Lipinski definition) is 1. The Labute approximate surface area is 90.7 Å². The number of nitrogens with zero attached hydrogens (tertiary/aromatic N) is 3. The molecule has 1 fully saturated rings. The summed E-state index contributed by atoms with van der Waals surface area (Å²) in [5, 5.41) is 3.09. The normalized spacial score (nSPS) is 15.3. The molecule has 4 heteroatoms. The van der Waals surface area contributed by atoms with Gasteiger partial charge in [-0.25, -0.2) is 4.98 Å². The van der Waals surface area contributed by atoms with E-state index in [-0.39, 0.29) is 0 Å². The van der Waals surface area contributed by atoms with Gasteiger partial charge in [0.2, 0.25) is 0 Å². The van der Waals surface area contributed by atoms with E-state index in [1.54, 1.807) is 0 Å². The van der Waals surface area contributed by atoms with Crippen LogP contribution in [0, 0.1) is 0 Å². The SMILES string of the molecule is CCN(c1cncc(CNC)n1)C1CC1. The van der Waals surface area contributed by atoms with Gasteiger partial charge in [-0.2, -0.15) is 0 Å². The molecule has 1 aromatic heterocycles. The van der Waals surface area contributed by atoms with E-state index < -0.39 is 0 Å². The van der Waals surface area contributed by atoms with Crippen LogP contribution >= 0.6 is 0 Å². The molecule has 0 bridgehead atoms. The first-order valence-corrected chi connectivity index (χ1v) is 5.57. The molecule has 1 saturated carbocycles. The number of hydrogen-bond acceptors (Lipinski definition) is 4. The highest BCUT2D eigenvalue weighted by molar-refractivity contribution is 5.39. The van der Waals surface area contributed by atoms with Crippen molar-refractivity contribution in [1.82, 2.24) is 15.3 Å². The van der Waals surface area contributed by atoms with E-state index in [0.29, 0.717) is 6.04 Å². The predicted molar refractivity (Wildman–Crippen MR) is 60.8 cm³/mol. The molecular formula is C11H18N4. The number of rotatable bonds is 5. The van der Waals surface area contributed by atoms with Crippen LogP contribution < -0.4 is 10.2 Å². The summed E-state index contributed by atoms with van der Waals surface area (Å²) in [6, 6.07) is 0.703.